The van der Waals surface area contributed by atoms with Crippen molar-refractivity contribution in [2.45, 2.75) is 54.3 Å². The summed E-state index contributed by atoms with van der Waals surface area (Å²) in [6, 6.07) is 15.8. The van der Waals surface area contributed by atoms with Crippen LogP contribution in [-0.2, 0) is 12.7 Å². The summed E-state index contributed by atoms with van der Waals surface area (Å²) in [5, 5.41) is 3.45. The fraction of sp³-hybridized carbons (Fsp3) is 0.235. The van der Waals surface area contributed by atoms with Crippen LogP contribution in [0.4, 0.5) is 0 Å². The zero-order chi connectivity index (χ0) is 26.4. The monoisotopic (exact) mass is 492 g/mol. The third-order valence-electron chi connectivity index (χ3n) is 6.86. The van der Waals surface area contributed by atoms with E-state index >= 15 is 0 Å². The molecule has 0 N–H and O–H groups in total. The van der Waals surface area contributed by atoms with Crippen LogP contribution in [0.5, 0.6) is 0 Å². The summed E-state index contributed by atoms with van der Waals surface area (Å²) in [4.78, 5) is 0. The van der Waals surface area contributed by atoms with E-state index in [1.807, 2.05) is 19.1 Å². The summed E-state index contributed by atoms with van der Waals surface area (Å²) in [5.74, 6) is 0. The topological polar surface area (TPSA) is 0 Å². The van der Waals surface area contributed by atoms with Crippen molar-refractivity contribution in [3.8, 4) is 0 Å². The van der Waals surface area contributed by atoms with Gasteiger partial charge in [-0.15, -0.1) is 6.58 Å². The van der Waals surface area contributed by atoms with Gasteiger partial charge in [0, 0.05) is 5.03 Å². The average Bonchev–Trinajstić information content (AvgIpc) is 2.82. The molecule has 0 spiro atoms. The van der Waals surface area contributed by atoms with Gasteiger partial charge in [0.15, 0.2) is 7.28 Å². The SMILES string of the molecule is C=C/C=C(\C=C(/C)Cc1cc(C)c2ccc(C)cc2c1)C(=C)BCc1cc(/C(Cl)=C\C)c(C)cc1C. The van der Waals surface area contributed by atoms with Crippen LogP contribution in [0, 0.1) is 27.7 Å². The van der Waals surface area contributed by atoms with Crippen molar-refractivity contribution >= 4 is 34.7 Å². The first kappa shape index (κ1) is 27.6. The molecule has 0 aliphatic rings. The highest BCUT2D eigenvalue weighted by molar-refractivity contribution is 6.49. The highest BCUT2D eigenvalue weighted by Gasteiger charge is 2.10. The lowest BCUT2D eigenvalue weighted by Gasteiger charge is -2.13. The Hall–Kier alpha value is -3.03. The van der Waals surface area contributed by atoms with Crippen LogP contribution < -0.4 is 0 Å². The largest absolute Gasteiger partial charge is 0.162 e. The van der Waals surface area contributed by atoms with E-state index in [1.165, 1.54) is 49.7 Å². The highest BCUT2D eigenvalue weighted by Crippen LogP contribution is 2.27. The number of hydrogen-bond donors (Lipinski definition) is 0. The van der Waals surface area contributed by atoms with E-state index < -0.39 is 0 Å². The summed E-state index contributed by atoms with van der Waals surface area (Å²) in [5.41, 5.74) is 12.5. The minimum absolute atomic E-state index is 0.803. The van der Waals surface area contributed by atoms with Crippen molar-refractivity contribution in [1.82, 2.24) is 0 Å². The smallest absolute Gasteiger partial charge is 0.104 e. The molecule has 0 atom stereocenters. The Bertz CT molecular complexity index is 1400. The number of rotatable bonds is 9. The predicted molar refractivity (Wildman–Crippen MR) is 165 cm³/mol. The first-order valence-corrected chi connectivity index (χ1v) is 13.1. The lowest BCUT2D eigenvalue weighted by Crippen LogP contribution is -2.05. The standard InChI is InChI=1S/C34H38BCl/c1-9-11-29(27(8)35-21-31-20-33(34(36)10-2)25(6)17-24(31)5)16-23(4)14-28-18-26(7)32-13-12-22(3)15-30(32)19-28/h9-13,15-20,35H,1,8,14,21H2,2-7H3/b23-16+,29-11+,34-10+. The number of hydrogen-bond acceptors (Lipinski definition) is 0. The first-order chi connectivity index (χ1) is 17.1. The van der Waals surface area contributed by atoms with E-state index in [-0.39, 0.29) is 0 Å². The Morgan fingerprint density at radius 2 is 1.72 bits per heavy atom. The minimum atomic E-state index is 0.803. The van der Waals surface area contributed by atoms with Gasteiger partial charge in [0.05, 0.1) is 0 Å². The van der Waals surface area contributed by atoms with Crippen LogP contribution in [0.25, 0.3) is 15.8 Å². The Balaban J connectivity index is 1.78. The molecular formula is C34H38BCl. The van der Waals surface area contributed by atoms with Crippen molar-refractivity contribution < 1.29 is 0 Å². The number of aryl methyl sites for hydroxylation is 4. The second kappa shape index (κ2) is 12.3. The maximum Gasteiger partial charge on any atom is 0.162 e. The van der Waals surface area contributed by atoms with Crippen molar-refractivity contribution in [1.29, 1.82) is 0 Å². The molecule has 0 saturated heterocycles. The molecule has 3 rings (SSSR count). The van der Waals surface area contributed by atoms with E-state index in [1.54, 1.807) is 0 Å². The van der Waals surface area contributed by atoms with Gasteiger partial charge in [-0.05, 0) is 98.4 Å². The Morgan fingerprint density at radius 1 is 0.972 bits per heavy atom. The number of halogens is 1. The van der Waals surface area contributed by atoms with Gasteiger partial charge in [-0.25, -0.2) is 0 Å². The third-order valence-corrected chi connectivity index (χ3v) is 7.28. The van der Waals surface area contributed by atoms with Crippen LogP contribution in [0.2, 0.25) is 0 Å². The Kier molecular flexibility index (Phi) is 9.40. The van der Waals surface area contributed by atoms with E-state index in [0.29, 0.717) is 0 Å². The Morgan fingerprint density at radius 3 is 2.42 bits per heavy atom. The van der Waals surface area contributed by atoms with Crippen molar-refractivity contribution in [3.05, 3.63) is 135 Å². The maximum atomic E-state index is 6.46. The highest BCUT2D eigenvalue weighted by atomic mass is 35.5. The third kappa shape index (κ3) is 6.80. The predicted octanol–water partition coefficient (Wildman–Crippen LogP) is 9.42. The van der Waals surface area contributed by atoms with Crippen molar-refractivity contribution in [2.75, 3.05) is 0 Å². The lowest BCUT2D eigenvalue weighted by molar-refractivity contribution is 1.14. The van der Waals surface area contributed by atoms with Gasteiger partial charge in [0.2, 0.25) is 0 Å². The van der Waals surface area contributed by atoms with Crippen LogP contribution in [0.3, 0.4) is 0 Å². The molecule has 0 unspecified atom stereocenters. The molecule has 0 aliphatic carbocycles. The summed E-state index contributed by atoms with van der Waals surface area (Å²) in [7, 11) is 0.884. The summed E-state index contributed by atoms with van der Waals surface area (Å²) >= 11 is 6.46. The van der Waals surface area contributed by atoms with E-state index in [9.17, 15) is 0 Å². The Labute approximate surface area is 224 Å². The molecule has 0 aromatic heterocycles. The molecular weight excluding hydrogens is 455 g/mol. The molecule has 3 aromatic carbocycles. The second-order valence-electron chi connectivity index (χ2n) is 10.00. The van der Waals surface area contributed by atoms with Crippen molar-refractivity contribution in [3.63, 3.8) is 0 Å². The first-order valence-electron chi connectivity index (χ1n) is 12.7. The van der Waals surface area contributed by atoms with Gasteiger partial charge < -0.3 is 0 Å². The summed E-state index contributed by atoms with van der Waals surface area (Å²) in [6.45, 7) is 21.2. The van der Waals surface area contributed by atoms with Crippen LogP contribution in [0.1, 0.15) is 52.8 Å². The number of benzene rings is 3. The van der Waals surface area contributed by atoms with Crippen LogP contribution >= 0.6 is 11.6 Å². The van der Waals surface area contributed by atoms with Crippen LogP contribution in [-0.4, -0.2) is 7.28 Å². The molecule has 36 heavy (non-hydrogen) atoms. The van der Waals surface area contributed by atoms with Gasteiger partial charge in [0.1, 0.15) is 0 Å². The molecule has 2 heteroatoms. The summed E-state index contributed by atoms with van der Waals surface area (Å²) < 4.78 is 0. The molecule has 0 radical (unpaired) electrons. The van der Waals surface area contributed by atoms with E-state index in [4.69, 9.17) is 11.6 Å². The molecule has 0 saturated carbocycles. The van der Waals surface area contributed by atoms with Crippen molar-refractivity contribution in [2.24, 2.45) is 0 Å². The molecule has 0 amide bonds. The fourth-order valence-corrected chi connectivity index (χ4v) is 5.11. The molecule has 0 aliphatic heterocycles. The zero-order valence-corrected chi connectivity index (χ0v) is 23.5. The minimum Gasteiger partial charge on any atom is -0.104 e. The van der Waals surface area contributed by atoms with Gasteiger partial charge >= 0.3 is 0 Å². The number of allylic oxidation sites excluding steroid dienone is 7. The molecule has 0 bridgehead atoms. The van der Waals surface area contributed by atoms with Gasteiger partial charge in [0.25, 0.3) is 0 Å². The van der Waals surface area contributed by atoms with E-state index in [0.717, 1.165) is 41.7 Å². The van der Waals surface area contributed by atoms with Crippen LogP contribution in [0.15, 0.2) is 96.5 Å². The maximum absolute atomic E-state index is 6.46. The average molecular weight is 493 g/mol. The fourth-order valence-electron chi connectivity index (χ4n) is 4.90. The molecule has 3 aromatic rings. The normalized spacial score (nSPS) is 12.7. The van der Waals surface area contributed by atoms with E-state index in [2.05, 4.69) is 102 Å². The zero-order valence-electron chi connectivity index (χ0n) is 22.8. The lowest BCUT2D eigenvalue weighted by atomic mass is 9.62. The van der Waals surface area contributed by atoms with Gasteiger partial charge in [-0.3, -0.25) is 0 Å². The van der Waals surface area contributed by atoms with Gasteiger partial charge in [-0.1, -0.05) is 107 Å². The quantitative estimate of drug-likeness (QED) is 0.206. The summed E-state index contributed by atoms with van der Waals surface area (Å²) in [6.07, 6.45) is 9.99. The number of fused-ring (bicyclic) bond motifs is 1. The van der Waals surface area contributed by atoms with Gasteiger partial charge in [-0.2, -0.15) is 0 Å². The molecule has 0 nitrogen and oxygen atoms in total. The second-order valence-corrected chi connectivity index (χ2v) is 10.4. The molecule has 0 fully saturated rings. The molecule has 0 heterocycles. The molecule has 184 valence electrons.